The Morgan fingerprint density at radius 2 is 2.22 bits per heavy atom. The average molecular weight is 312 g/mol. The normalized spacial score (nSPS) is 18.9. The number of nitrogens with zero attached hydrogens (tertiary/aromatic N) is 4. The number of aromatic nitrogens is 3. The van der Waals surface area contributed by atoms with Crippen LogP contribution in [0.1, 0.15) is 34.8 Å². The molecule has 0 saturated heterocycles. The largest absolute Gasteiger partial charge is 0.488 e. The van der Waals surface area contributed by atoms with E-state index in [-0.39, 0.29) is 12.0 Å². The predicted molar refractivity (Wildman–Crippen MR) is 84.5 cm³/mol. The fourth-order valence-electron chi connectivity index (χ4n) is 3.38. The molecule has 0 radical (unpaired) electrons. The smallest absolute Gasteiger partial charge is 0.291 e. The highest BCUT2D eigenvalue weighted by Gasteiger charge is 2.28. The Balaban J connectivity index is 1.45. The van der Waals surface area contributed by atoms with Gasteiger partial charge in [-0.15, -0.1) is 10.2 Å². The van der Waals surface area contributed by atoms with Crippen LogP contribution in [0.25, 0.3) is 0 Å². The minimum absolute atomic E-state index is 0.00472. The van der Waals surface area contributed by atoms with Gasteiger partial charge in [-0.05, 0) is 24.5 Å². The minimum Gasteiger partial charge on any atom is -0.488 e. The van der Waals surface area contributed by atoms with Crippen molar-refractivity contribution < 1.29 is 9.53 Å². The Morgan fingerprint density at radius 1 is 1.35 bits per heavy atom. The zero-order chi connectivity index (χ0) is 15.8. The summed E-state index contributed by atoms with van der Waals surface area (Å²) in [6.07, 6.45) is 3.95. The van der Waals surface area contributed by atoms with E-state index in [2.05, 4.69) is 16.3 Å². The van der Waals surface area contributed by atoms with Gasteiger partial charge in [-0.25, -0.2) is 0 Å². The summed E-state index contributed by atoms with van der Waals surface area (Å²) in [5.74, 6) is 2.23. The molecule has 6 nitrogen and oxygen atoms in total. The van der Waals surface area contributed by atoms with Crippen molar-refractivity contribution in [2.24, 2.45) is 0 Å². The number of carbonyl (C=O) groups excluding carboxylic acids is 1. The van der Waals surface area contributed by atoms with Gasteiger partial charge in [0, 0.05) is 26.4 Å². The molecule has 1 aromatic carbocycles. The van der Waals surface area contributed by atoms with Crippen LogP contribution in [0.4, 0.5) is 0 Å². The summed E-state index contributed by atoms with van der Waals surface area (Å²) < 4.78 is 7.89. The van der Waals surface area contributed by atoms with E-state index < -0.39 is 0 Å². The molecule has 6 heteroatoms. The van der Waals surface area contributed by atoms with Crippen molar-refractivity contribution >= 4 is 5.91 Å². The molecule has 0 saturated carbocycles. The van der Waals surface area contributed by atoms with Crippen LogP contribution in [-0.4, -0.2) is 45.3 Å². The minimum atomic E-state index is -0.0785. The molecule has 1 atom stereocenters. The number of hydrogen-bond donors (Lipinski definition) is 0. The third-order valence-electron chi connectivity index (χ3n) is 4.59. The van der Waals surface area contributed by atoms with Gasteiger partial charge in [0.25, 0.3) is 5.91 Å². The molecule has 0 fully saturated rings. The lowest BCUT2D eigenvalue weighted by molar-refractivity contribution is 0.0712. The van der Waals surface area contributed by atoms with Gasteiger partial charge >= 0.3 is 0 Å². The third-order valence-corrected chi connectivity index (χ3v) is 4.59. The summed E-state index contributed by atoms with van der Waals surface area (Å²) in [5.41, 5.74) is 1.21. The van der Waals surface area contributed by atoms with Crippen molar-refractivity contribution in [3.63, 3.8) is 0 Å². The van der Waals surface area contributed by atoms with Crippen molar-refractivity contribution in [2.75, 3.05) is 13.6 Å². The molecule has 1 aromatic heterocycles. The van der Waals surface area contributed by atoms with Crippen molar-refractivity contribution in [2.45, 2.75) is 38.3 Å². The Hall–Kier alpha value is -2.37. The molecule has 23 heavy (non-hydrogen) atoms. The Labute approximate surface area is 135 Å². The molecule has 2 aliphatic heterocycles. The van der Waals surface area contributed by atoms with Crippen LogP contribution in [0.15, 0.2) is 24.3 Å². The molecule has 1 amide bonds. The number of fused-ring (bicyclic) bond motifs is 2. The van der Waals surface area contributed by atoms with E-state index in [9.17, 15) is 4.79 Å². The lowest BCUT2D eigenvalue weighted by Gasteiger charge is -2.22. The van der Waals surface area contributed by atoms with Crippen LogP contribution in [0.2, 0.25) is 0 Å². The van der Waals surface area contributed by atoms with Crippen LogP contribution < -0.4 is 4.74 Å². The maximum Gasteiger partial charge on any atom is 0.291 e. The average Bonchev–Trinajstić information content (AvgIpc) is 3.17. The standard InChI is InChI=1S/C17H20N4O2/c1-20(11-13-10-12-6-2-3-7-14(12)23-13)17(22)16-19-18-15-8-4-5-9-21(15)16/h2-3,6-7,13H,4-5,8-11H2,1H3/t13-/m0/s1. The van der Waals surface area contributed by atoms with Gasteiger partial charge < -0.3 is 14.2 Å². The first-order chi connectivity index (χ1) is 11.2. The van der Waals surface area contributed by atoms with Gasteiger partial charge in [0.1, 0.15) is 17.7 Å². The van der Waals surface area contributed by atoms with Crippen LogP contribution in [0.5, 0.6) is 5.75 Å². The number of para-hydroxylation sites is 1. The molecule has 0 aliphatic carbocycles. The molecule has 4 rings (SSSR count). The van der Waals surface area contributed by atoms with Gasteiger partial charge in [0.2, 0.25) is 5.82 Å². The highest BCUT2D eigenvalue weighted by Crippen LogP contribution is 2.28. The molecular weight excluding hydrogens is 292 g/mol. The number of hydrogen-bond acceptors (Lipinski definition) is 4. The first-order valence-electron chi connectivity index (χ1n) is 8.14. The number of rotatable bonds is 3. The lowest BCUT2D eigenvalue weighted by Crippen LogP contribution is -2.37. The van der Waals surface area contributed by atoms with Crippen molar-refractivity contribution in [1.29, 1.82) is 0 Å². The van der Waals surface area contributed by atoms with Gasteiger partial charge in [-0.1, -0.05) is 18.2 Å². The number of aryl methyl sites for hydroxylation is 1. The predicted octanol–water partition coefficient (Wildman–Crippen LogP) is 1.69. The van der Waals surface area contributed by atoms with Crippen LogP contribution in [-0.2, 0) is 19.4 Å². The summed E-state index contributed by atoms with van der Waals surface area (Å²) in [4.78, 5) is 14.4. The number of benzene rings is 1. The summed E-state index contributed by atoms with van der Waals surface area (Å²) in [7, 11) is 1.80. The molecule has 0 N–H and O–H groups in total. The Morgan fingerprint density at radius 3 is 3.09 bits per heavy atom. The van der Waals surface area contributed by atoms with Crippen LogP contribution in [0.3, 0.4) is 0 Å². The van der Waals surface area contributed by atoms with E-state index in [0.717, 1.165) is 43.8 Å². The second-order valence-electron chi connectivity index (χ2n) is 6.29. The Kier molecular flexibility index (Phi) is 3.52. The number of ether oxygens (including phenoxy) is 1. The first kappa shape index (κ1) is 14.2. The molecule has 120 valence electrons. The van der Waals surface area contributed by atoms with Crippen LogP contribution >= 0.6 is 0 Å². The van der Waals surface area contributed by atoms with E-state index in [1.165, 1.54) is 5.56 Å². The summed E-state index contributed by atoms with van der Waals surface area (Å²) in [5, 5.41) is 8.27. The molecule has 0 spiro atoms. The zero-order valence-corrected chi connectivity index (χ0v) is 13.2. The SMILES string of the molecule is CN(C[C@@H]1Cc2ccccc2O1)C(=O)c1nnc2n1CCCC2. The zero-order valence-electron chi connectivity index (χ0n) is 13.2. The molecule has 2 aromatic rings. The molecule has 0 unspecified atom stereocenters. The molecule has 2 aliphatic rings. The highest BCUT2D eigenvalue weighted by molar-refractivity contribution is 5.90. The van der Waals surface area contributed by atoms with Crippen LogP contribution in [0, 0.1) is 0 Å². The quantitative estimate of drug-likeness (QED) is 0.865. The first-order valence-corrected chi connectivity index (χ1v) is 8.14. The van der Waals surface area contributed by atoms with Gasteiger partial charge in [-0.3, -0.25) is 4.79 Å². The highest BCUT2D eigenvalue weighted by atomic mass is 16.5. The number of likely N-dealkylation sites (N-methyl/N-ethyl adjacent to an activating group) is 1. The fourth-order valence-corrected chi connectivity index (χ4v) is 3.38. The van der Waals surface area contributed by atoms with E-state index in [0.29, 0.717) is 12.4 Å². The summed E-state index contributed by atoms with van der Waals surface area (Å²) in [6, 6.07) is 8.04. The van der Waals surface area contributed by atoms with Crippen molar-refractivity contribution in [1.82, 2.24) is 19.7 Å². The van der Waals surface area contributed by atoms with E-state index in [1.807, 2.05) is 22.8 Å². The lowest BCUT2D eigenvalue weighted by atomic mass is 10.1. The summed E-state index contributed by atoms with van der Waals surface area (Å²) >= 11 is 0. The van der Waals surface area contributed by atoms with Gasteiger partial charge in [0.15, 0.2) is 0 Å². The maximum atomic E-state index is 12.7. The maximum absolute atomic E-state index is 12.7. The molecule has 3 heterocycles. The van der Waals surface area contributed by atoms with E-state index >= 15 is 0 Å². The van der Waals surface area contributed by atoms with Crippen molar-refractivity contribution in [3.8, 4) is 5.75 Å². The van der Waals surface area contributed by atoms with Crippen molar-refractivity contribution in [3.05, 3.63) is 41.5 Å². The summed E-state index contributed by atoms with van der Waals surface area (Å²) in [6.45, 7) is 1.39. The van der Waals surface area contributed by atoms with Gasteiger partial charge in [0.05, 0.1) is 6.54 Å². The second-order valence-corrected chi connectivity index (χ2v) is 6.29. The third kappa shape index (κ3) is 2.58. The molecule has 0 bridgehead atoms. The van der Waals surface area contributed by atoms with Gasteiger partial charge in [-0.2, -0.15) is 0 Å². The Bertz CT molecular complexity index is 715. The van der Waals surface area contributed by atoms with E-state index in [4.69, 9.17) is 4.74 Å². The monoisotopic (exact) mass is 312 g/mol. The second kappa shape index (κ2) is 5.68. The molecular formula is C17H20N4O2. The fraction of sp³-hybridized carbons (Fsp3) is 0.471. The number of carbonyl (C=O) groups is 1. The topological polar surface area (TPSA) is 60.2 Å². The number of amides is 1. The van der Waals surface area contributed by atoms with E-state index in [1.54, 1.807) is 11.9 Å².